The molecule has 0 aromatic carbocycles. The van der Waals surface area contributed by atoms with Crippen LogP contribution in [0.2, 0.25) is 5.02 Å². The number of rotatable bonds is 6. The van der Waals surface area contributed by atoms with Gasteiger partial charge in [-0.2, -0.15) is 5.10 Å². The van der Waals surface area contributed by atoms with Gasteiger partial charge in [0.15, 0.2) is 0 Å². The average Bonchev–Trinajstić information content (AvgIpc) is 2.45. The van der Waals surface area contributed by atoms with E-state index in [1.807, 2.05) is 17.8 Å². The molecule has 0 saturated heterocycles. The Labute approximate surface area is 96.8 Å². The van der Waals surface area contributed by atoms with E-state index in [-0.39, 0.29) is 0 Å². The van der Waals surface area contributed by atoms with Gasteiger partial charge in [-0.1, -0.05) is 25.4 Å². The predicted molar refractivity (Wildman–Crippen MR) is 64.3 cm³/mol. The lowest BCUT2D eigenvalue weighted by atomic mass is 10.3. The summed E-state index contributed by atoms with van der Waals surface area (Å²) in [6.07, 6.45) is 4.21. The molecule has 0 spiro atoms. The molecule has 1 heterocycles. The Morgan fingerprint density at radius 2 is 2.20 bits per heavy atom. The monoisotopic (exact) mass is 229 g/mol. The number of aromatic nitrogens is 2. The highest BCUT2D eigenvalue weighted by molar-refractivity contribution is 6.31. The molecule has 0 fully saturated rings. The van der Waals surface area contributed by atoms with Crippen molar-refractivity contribution in [3.63, 3.8) is 0 Å². The molecule has 0 aliphatic rings. The summed E-state index contributed by atoms with van der Waals surface area (Å²) in [4.78, 5) is 0. The fourth-order valence-corrected chi connectivity index (χ4v) is 1.55. The van der Waals surface area contributed by atoms with Crippen LogP contribution in [0.4, 0.5) is 0 Å². The molecule has 1 aromatic rings. The van der Waals surface area contributed by atoms with Gasteiger partial charge in [-0.15, -0.1) is 0 Å². The molecule has 4 heteroatoms. The van der Waals surface area contributed by atoms with E-state index in [4.69, 9.17) is 11.6 Å². The maximum Gasteiger partial charge on any atom is 0.0814 e. The standard InChI is InChI=1S/C11H20ClN3/c1-9(2)13-6-4-5-7-15-8-11(12)10(3)14-15/h8-9,13H,4-7H2,1-3H3. The molecule has 3 nitrogen and oxygen atoms in total. The molecule has 0 amide bonds. The highest BCUT2D eigenvalue weighted by atomic mass is 35.5. The van der Waals surface area contributed by atoms with Crippen molar-refractivity contribution in [2.45, 2.75) is 46.2 Å². The zero-order chi connectivity index (χ0) is 11.3. The number of halogens is 1. The first-order chi connectivity index (χ1) is 7.09. The van der Waals surface area contributed by atoms with Crippen molar-refractivity contribution < 1.29 is 0 Å². The van der Waals surface area contributed by atoms with Crippen molar-refractivity contribution in [2.75, 3.05) is 6.54 Å². The Morgan fingerprint density at radius 3 is 2.73 bits per heavy atom. The average molecular weight is 230 g/mol. The van der Waals surface area contributed by atoms with E-state index in [0.29, 0.717) is 6.04 Å². The van der Waals surface area contributed by atoms with Crippen molar-refractivity contribution in [1.82, 2.24) is 15.1 Å². The Morgan fingerprint density at radius 1 is 1.47 bits per heavy atom. The molecular formula is C11H20ClN3. The molecular weight excluding hydrogens is 210 g/mol. The van der Waals surface area contributed by atoms with Gasteiger partial charge in [-0.05, 0) is 26.3 Å². The number of aryl methyl sites for hydroxylation is 2. The third kappa shape index (κ3) is 4.67. The summed E-state index contributed by atoms with van der Waals surface area (Å²) in [5.74, 6) is 0. The second-order valence-corrected chi connectivity index (χ2v) is 4.55. The van der Waals surface area contributed by atoms with Crippen molar-refractivity contribution >= 4 is 11.6 Å². The Bertz CT molecular complexity index is 275. The van der Waals surface area contributed by atoms with Crippen LogP contribution in [0.25, 0.3) is 0 Å². The molecule has 0 aliphatic carbocycles. The van der Waals surface area contributed by atoms with Crippen LogP contribution in [0.3, 0.4) is 0 Å². The lowest BCUT2D eigenvalue weighted by Gasteiger charge is -2.07. The minimum absolute atomic E-state index is 0.575. The molecule has 0 saturated carbocycles. The highest BCUT2D eigenvalue weighted by Crippen LogP contribution is 2.12. The summed E-state index contributed by atoms with van der Waals surface area (Å²) in [6.45, 7) is 8.28. The second-order valence-electron chi connectivity index (χ2n) is 4.14. The molecule has 0 bridgehead atoms. The van der Waals surface area contributed by atoms with Gasteiger partial charge in [-0.3, -0.25) is 4.68 Å². The van der Waals surface area contributed by atoms with Crippen LogP contribution in [0, 0.1) is 6.92 Å². The van der Waals surface area contributed by atoms with Gasteiger partial charge in [0.05, 0.1) is 10.7 Å². The highest BCUT2D eigenvalue weighted by Gasteiger charge is 2.00. The lowest BCUT2D eigenvalue weighted by Crippen LogP contribution is -2.23. The van der Waals surface area contributed by atoms with Crippen LogP contribution in [-0.2, 0) is 6.54 Å². The van der Waals surface area contributed by atoms with Crippen LogP contribution in [0.1, 0.15) is 32.4 Å². The molecule has 0 radical (unpaired) electrons. The zero-order valence-electron chi connectivity index (χ0n) is 9.76. The SMILES string of the molecule is Cc1nn(CCCCNC(C)C)cc1Cl. The summed E-state index contributed by atoms with van der Waals surface area (Å²) in [6, 6.07) is 0.575. The quantitative estimate of drug-likeness (QED) is 0.761. The Hall–Kier alpha value is -0.540. The number of hydrogen-bond acceptors (Lipinski definition) is 2. The molecule has 1 rings (SSSR count). The molecule has 0 aliphatic heterocycles. The lowest BCUT2D eigenvalue weighted by molar-refractivity contribution is 0.511. The maximum absolute atomic E-state index is 5.92. The molecule has 15 heavy (non-hydrogen) atoms. The smallest absolute Gasteiger partial charge is 0.0814 e. The largest absolute Gasteiger partial charge is 0.315 e. The van der Waals surface area contributed by atoms with E-state index < -0.39 is 0 Å². The van der Waals surface area contributed by atoms with Gasteiger partial charge in [0.25, 0.3) is 0 Å². The predicted octanol–water partition coefficient (Wildman–Crippen LogP) is 2.62. The summed E-state index contributed by atoms with van der Waals surface area (Å²) in [7, 11) is 0. The molecule has 1 aromatic heterocycles. The van der Waals surface area contributed by atoms with E-state index in [1.54, 1.807) is 0 Å². The summed E-state index contributed by atoms with van der Waals surface area (Å²) in [5, 5.41) is 8.46. The van der Waals surface area contributed by atoms with Crippen LogP contribution in [-0.4, -0.2) is 22.4 Å². The number of nitrogens with zero attached hydrogens (tertiary/aromatic N) is 2. The van der Waals surface area contributed by atoms with Crippen molar-refractivity contribution in [1.29, 1.82) is 0 Å². The van der Waals surface area contributed by atoms with Crippen LogP contribution in [0.15, 0.2) is 6.20 Å². The van der Waals surface area contributed by atoms with Crippen molar-refractivity contribution in [2.24, 2.45) is 0 Å². The van der Waals surface area contributed by atoms with Crippen LogP contribution in [0.5, 0.6) is 0 Å². The first-order valence-corrected chi connectivity index (χ1v) is 5.90. The third-order valence-electron chi connectivity index (χ3n) is 2.25. The number of hydrogen-bond donors (Lipinski definition) is 1. The molecule has 1 N–H and O–H groups in total. The summed E-state index contributed by atoms with van der Waals surface area (Å²) >= 11 is 5.92. The number of nitrogens with one attached hydrogen (secondary N) is 1. The normalized spacial score (nSPS) is 11.3. The first kappa shape index (κ1) is 12.5. The van der Waals surface area contributed by atoms with Gasteiger partial charge in [0.2, 0.25) is 0 Å². The molecule has 0 unspecified atom stereocenters. The fourth-order valence-electron chi connectivity index (χ4n) is 1.40. The Kier molecular flexibility index (Phi) is 5.12. The van der Waals surface area contributed by atoms with Crippen LogP contribution >= 0.6 is 11.6 Å². The zero-order valence-corrected chi connectivity index (χ0v) is 10.5. The third-order valence-corrected chi connectivity index (χ3v) is 2.62. The fraction of sp³-hybridized carbons (Fsp3) is 0.727. The maximum atomic E-state index is 5.92. The van der Waals surface area contributed by atoms with Gasteiger partial charge < -0.3 is 5.32 Å². The van der Waals surface area contributed by atoms with Crippen molar-refractivity contribution in [3.05, 3.63) is 16.9 Å². The van der Waals surface area contributed by atoms with E-state index >= 15 is 0 Å². The first-order valence-electron chi connectivity index (χ1n) is 5.52. The van der Waals surface area contributed by atoms with Gasteiger partial charge in [0.1, 0.15) is 0 Å². The number of unbranched alkanes of at least 4 members (excludes halogenated alkanes) is 1. The van der Waals surface area contributed by atoms with Gasteiger partial charge in [-0.25, -0.2) is 0 Å². The van der Waals surface area contributed by atoms with Gasteiger partial charge >= 0.3 is 0 Å². The van der Waals surface area contributed by atoms with E-state index in [0.717, 1.165) is 30.2 Å². The molecule has 86 valence electrons. The molecule has 0 atom stereocenters. The second kappa shape index (κ2) is 6.13. The summed E-state index contributed by atoms with van der Waals surface area (Å²) < 4.78 is 1.92. The van der Waals surface area contributed by atoms with Crippen molar-refractivity contribution in [3.8, 4) is 0 Å². The minimum atomic E-state index is 0.575. The minimum Gasteiger partial charge on any atom is -0.315 e. The van der Waals surface area contributed by atoms with Crippen LogP contribution < -0.4 is 5.32 Å². The summed E-state index contributed by atoms with van der Waals surface area (Å²) in [5.41, 5.74) is 0.914. The topological polar surface area (TPSA) is 29.9 Å². The van der Waals surface area contributed by atoms with E-state index in [2.05, 4.69) is 24.3 Å². The Balaban J connectivity index is 2.15. The van der Waals surface area contributed by atoms with E-state index in [9.17, 15) is 0 Å². The van der Waals surface area contributed by atoms with E-state index in [1.165, 1.54) is 6.42 Å². The van der Waals surface area contributed by atoms with Gasteiger partial charge in [0, 0.05) is 18.8 Å².